The first-order chi connectivity index (χ1) is 7.67. The predicted molar refractivity (Wildman–Crippen MR) is 65.4 cm³/mol. The second-order valence-corrected chi connectivity index (χ2v) is 4.35. The Morgan fingerprint density at radius 2 is 2.12 bits per heavy atom. The lowest BCUT2D eigenvalue weighted by Crippen LogP contribution is -2.29. The molecule has 0 heterocycles. The van der Waals surface area contributed by atoms with Crippen LogP contribution in [0.5, 0.6) is 0 Å². The van der Waals surface area contributed by atoms with E-state index in [1.807, 2.05) is 37.3 Å². The van der Waals surface area contributed by atoms with E-state index >= 15 is 0 Å². The molecule has 1 aromatic carbocycles. The van der Waals surface area contributed by atoms with Crippen LogP contribution in [0.2, 0.25) is 0 Å². The molecule has 1 aromatic rings. The second-order valence-electron chi connectivity index (χ2n) is 3.43. The highest BCUT2D eigenvalue weighted by molar-refractivity contribution is 9.10. The molecule has 1 atom stereocenters. The van der Waals surface area contributed by atoms with E-state index in [2.05, 4.69) is 21.2 Å². The van der Waals surface area contributed by atoms with Gasteiger partial charge in [-0.2, -0.15) is 5.26 Å². The molecule has 84 valence electrons. The fourth-order valence-corrected chi connectivity index (χ4v) is 1.51. The molecule has 0 fully saturated rings. The van der Waals surface area contributed by atoms with Crippen molar-refractivity contribution in [3.05, 3.63) is 34.3 Å². The van der Waals surface area contributed by atoms with Crippen LogP contribution < -0.4 is 5.32 Å². The Hall–Kier alpha value is -1.34. The summed E-state index contributed by atoms with van der Waals surface area (Å²) in [6.07, 6.45) is 0.544. The van der Waals surface area contributed by atoms with Crippen LogP contribution in [0, 0.1) is 17.2 Å². The molecule has 0 saturated carbocycles. The molecule has 1 amide bonds. The molecule has 4 heteroatoms. The third kappa shape index (κ3) is 3.67. The maximum absolute atomic E-state index is 11.5. The van der Waals surface area contributed by atoms with E-state index in [0.29, 0.717) is 13.0 Å². The Labute approximate surface area is 104 Å². The number of nitrogens with zero attached hydrogens (tertiary/aromatic N) is 1. The molecule has 1 unspecified atom stereocenters. The van der Waals surface area contributed by atoms with Crippen LogP contribution in [0.4, 0.5) is 0 Å². The molecule has 0 aliphatic carbocycles. The largest absolute Gasteiger partial charge is 0.351 e. The molecule has 3 nitrogen and oxygen atoms in total. The van der Waals surface area contributed by atoms with E-state index in [1.165, 1.54) is 0 Å². The number of carbonyl (C=O) groups excluding carboxylic acids is 1. The molecule has 0 spiro atoms. The van der Waals surface area contributed by atoms with Gasteiger partial charge in [-0.15, -0.1) is 0 Å². The fraction of sp³-hybridized carbons (Fsp3) is 0.333. The monoisotopic (exact) mass is 280 g/mol. The van der Waals surface area contributed by atoms with Gasteiger partial charge in [-0.05, 0) is 24.1 Å². The fourth-order valence-electron chi connectivity index (χ4n) is 1.25. The number of rotatable bonds is 4. The first kappa shape index (κ1) is 12.7. The summed E-state index contributed by atoms with van der Waals surface area (Å²) >= 11 is 3.34. The number of hydrogen-bond donors (Lipinski definition) is 1. The minimum absolute atomic E-state index is 0.201. The van der Waals surface area contributed by atoms with Gasteiger partial charge >= 0.3 is 0 Å². The summed E-state index contributed by atoms with van der Waals surface area (Å²) < 4.78 is 1.01. The van der Waals surface area contributed by atoms with Gasteiger partial charge in [0.15, 0.2) is 0 Å². The van der Waals surface area contributed by atoms with Crippen molar-refractivity contribution >= 4 is 21.8 Å². The Balaban J connectivity index is 2.49. The molecule has 0 saturated heterocycles. The number of benzene rings is 1. The molecule has 0 aliphatic heterocycles. The average molecular weight is 281 g/mol. The van der Waals surface area contributed by atoms with Gasteiger partial charge in [-0.25, -0.2) is 0 Å². The van der Waals surface area contributed by atoms with Crippen molar-refractivity contribution in [3.8, 4) is 6.07 Å². The summed E-state index contributed by atoms with van der Waals surface area (Å²) in [7, 11) is 0. The van der Waals surface area contributed by atoms with Crippen LogP contribution in [0.25, 0.3) is 0 Å². The number of nitriles is 1. The SMILES string of the molecule is CCC(C#N)C(=O)NCc1ccc(Br)cc1. The minimum atomic E-state index is -0.546. The summed E-state index contributed by atoms with van der Waals surface area (Å²) in [4.78, 5) is 11.5. The number of hydrogen-bond acceptors (Lipinski definition) is 2. The third-order valence-corrected chi connectivity index (χ3v) is 2.79. The summed E-state index contributed by atoms with van der Waals surface area (Å²) in [5, 5.41) is 11.5. The molecule has 0 radical (unpaired) electrons. The van der Waals surface area contributed by atoms with Crippen LogP contribution in [-0.2, 0) is 11.3 Å². The van der Waals surface area contributed by atoms with Crippen molar-refractivity contribution in [1.29, 1.82) is 5.26 Å². The maximum atomic E-state index is 11.5. The number of amides is 1. The van der Waals surface area contributed by atoms with Crippen LogP contribution in [0.1, 0.15) is 18.9 Å². The molecule has 0 bridgehead atoms. The quantitative estimate of drug-likeness (QED) is 0.922. The van der Waals surface area contributed by atoms with Crippen LogP contribution >= 0.6 is 15.9 Å². The Kier molecular flexibility index (Phi) is 5.00. The second kappa shape index (κ2) is 6.29. The molecule has 1 N–H and O–H groups in total. The average Bonchev–Trinajstić information content (AvgIpc) is 2.30. The molecular formula is C12H13BrN2O. The van der Waals surface area contributed by atoms with Crippen molar-refractivity contribution in [2.75, 3.05) is 0 Å². The normalized spacial score (nSPS) is 11.6. The number of halogens is 1. The van der Waals surface area contributed by atoms with Crippen LogP contribution in [-0.4, -0.2) is 5.91 Å². The highest BCUT2D eigenvalue weighted by atomic mass is 79.9. The van der Waals surface area contributed by atoms with Crippen molar-refractivity contribution in [2.45, 2.75) is 19.9 Å². The summed E-state index contributed by atoms with van der Waals surface area (Å²) in [5.74, 6) is -0.747. The van der Waals surface area contributed by atoms with Gasteiger partial charge in [0.2, 0.25) is 5.91 Å². The molecule has 0 aromatic heterocycles. The molecule has 0 aliphatic rings. The molecular weight excluding hydrogens is 268 g/mol. The number of carbonyl (C=O) groups is 1. The summed E-state index contributed by atoms with van der Waals surface area (Å²) in [6, 6.07) is 9.67. The minimum Gasteiger partial charge on any atom is -0.351 e. The Morgan fingerprint density at radius 1 is 1.50 bits per heavy atom. The predicted octanol–water partition coefficient (Wildman–Crippen LogP) is 2.62. The Morgan fingerprint density at radius 3 is 2.62 bits per heavy atom. The van der Waals surface area contributed by atoms with E-state index in [9.17, 15) is 4.79 Å². The van der Waals surface area contributed by atoms with Gasteiger partial charge in [0.05, 0.1) is 6.07 Å². The lowest BCUT2D eigenvalue weighted by molar-refractivity contribution is -0.123. The highest BCUT2D eigenvalue weighted by Crippen LogP contribution is 2.10. The van der Waals surface area contributed by atoms with Crippen molar-refractivity contribution in [1.82, 2.24) is 5.32 Å². The first-order valence-electron chi connectivity index (χ1n) is 5.09. The van der Waals surface area contributed by atoms with E-state index in [-0.39, 0.29) is 5.91 Å². The smallest absolute Gasteiger partial charge is 0.237 e. The van der Waals surface area contributed by atoms with Gasteiger partial charge in [0, 0.05) is 11.0 Å². The zero-order chi connectivity index (χ0) is 12.0. The lowest BCUT2D eigenvalue weighted by atomic mass is 10.1. The van der Waals surface area contributed by atoms with Gasteiger partial charge in [0.25, 0.3) is 0 Å². The summed E-state index contributed by atoms with van der Waals surface area (Å²) in [5.41, 5.74) is 1.02. The first-order valence-corrected chi connectivity index (χ1v) is 5.88. The van der Waals surface area contributed by atoms with Crippen LogP contribution in [0.15, 0.2) is 28.7 Å². The van der Waals surface area contributed by atoms with E-state index in [1.54, 1.807) is 0 Å². The summed E-state index contributed by atoms with van der Waals surface area (Å²) in [6.45, 7) is 2.29. The van der Waals surface area contributed by atoms with Gasteiger partial charge in [-0.3, -0.25) is 4.79 Å². The lowest BCUT2D eigenvalue weighted by Gasteiger charge is -2.08. The maximum Gasteiger partial charge on any atom is 0.237 e. The standard InChI is InChI=1S/C12H13BrN2O/c1-2-10(7-14)12(16)15-8-9-3-5-11(13)6-4-9/h3-6,10H,2,8H2,1H3,(H,15,16). The third-order valence-electron chi connectivity index (χ3n) is 2.26. The van der Waals surface area contributed by atoms with Gasteiger partial charge < -0.3 is 5.32 Å². The van der Waals surface area contributed by atoms with E-state index in [4.69, 9.17) is 5.26 Å². The van der Waals surface area contributed by atoms with Crippen molar-refractivity contribution in [2.24, 2.45) is 5.92 Å². The zero-order valence-electron chi connectivity index (χ0n) is 9.03. The van der Waals surface area contributed by atoms with Crippen molar-refractivity contribution < 1.29 is 4.79 Å². The molecule has 1 rings (SSSR count). The van der Waals surface area contributed by atoms with E-state index in [0.717, 1.165) is 10.0 Å². The van der Waals surface area contributed by atoms with Gasteiger partial charge in [0.1, 0.15) is 5.92 Å². The molecule has 16 heavy (non-hydrogen) atoms. The van der Waals surface area contributed by atoms with Crippen molar-refractivity contribution in [3.63, 3.8) is 0 Å². The number of nitrogens with one attached hydrogen (secondary N) is 1. The zero-order valence-corrected chi connectivity index (χ0v) is 10.6. The highest BCUT2D eigenvalue weighted by Gasteiger charge is 2.14. The Bertz CT molecular complexity index is 394. The van der Waals surface area contributed by atoms with E-state index < -0.39 is 5.92 Å². The van der Waals surface area contributed by atoms with Crippen LogP contribution in [0.3, 0.4) is 0 Å². The topological polar surface area (TPSA) is 52.9 Å². The van der Waals surface area contributed by atoms with Gasteiger partial charge in [-0.1, -0.05) is 35.0 Å².